The van der Waals surface area contributed by atoms with Crippen LogP contribution in [-0.4, -0.2) is 21.6 Å². The Morgan fingerprint density at radius 2 is 1.77 bits per heavy atom. The zero-order valence-electron chi connectivity index (χ0n) is 14.1. The van der Waals surface area contributed by atoms with Gasteiger partial charge in [0.25, 0.3) is 5.91 Å². The van der Waals surface area contributed by atoms with E-state index in [2.05, 4.69) is 10.1 Å². The molecule has 4 rings (SSSR count). The lowest BCUT2D eigenvalue weighted by Gasteiger charge is -2.22. The van der Waals surface area contributed by atoms with Crippen molar-refractivity contribution in [1.82, 2.24) is 9.99 Å². The van der Waals surface area contributed by atoms with Crippen LogP contribution in [0.25, 0.3) is 0 Å². The Morgan fingerprint density at radius 3 is 2.46 bits per heavy atom. The monoisotopic (exact) mass is 342 g/mol. The van der Waals surface area contributed by atoms with E-state index in [1.807, 2.05) is 54.6 Å². The lowest BCUT2D eigenvalue weighted by atomic mass is 9.98. The minimum atomic E-state index is -0.168. The van der Waals surface area contributed by atoms with Crippen molar-refractivity contribution in [3.05, 3.63) is 95.8 Å². The van der Waals surface area contributed by atoms with Gasteiger partial charge in [-0.15, -0.1) is 0 Å². The van der Waals surface area contributed by atoms with Crippen LogP contribution in [0, 0.1) is 0 Å². The molecule has 2 heterocycles. The Bertz CT molecular complexity index is 937. The molecule has 0 spiro atoms. The summed E-state index contributed by atoms with van der Waals surface area (Å²) in [4.78, 5) is 17.2. The molecule has 5 heteroatoms. The SMILES string of the molecule is Nc1ccc(C2CC(c3cccnc3)=NN2C(=O)c2ccccc2)cc1. The van der Waals surface area contributed by atoms with Crippen molar-refractivity contribution < 1.29 is 4.79 Å². The molecule has 1 amide bonds. The van der Waals surface area contributed by atoms with E-state index in [-0.39, 0.29) is 11.9 Å². The Hall–Kier alpha value is -3.47. The highest BCUT2D eigenvalue weighted by atomic mass is 16.2. The second-order valence-electron chi connectivity index (χ2n) is 6.19. The van der Waals surface area contributed by atoms with E-state index in [4.69, 9.17) is 5.73 Å². The van der Waals surface area contributed by atoms with Gasteiger partial charge in [-0.1, -0.05) is 36.4 Å². The first-order valence-corrected chi connectivity index (χ1v) is 8.44. The predicted octanol–water partition coefficient (Wildman–Crippen LogP) is 3.66. The standard InChI is InChI=1S/C21H18N4O/c22-18-10-8-15(9-11-18)20-13-19(17-7-4-12-23-14-17)24-25(20)21(26)16-5-2-1-3-6-16/h1-12,14,20H,13,22H2. The molecule has 0 bridgehead atoms. The molecule has 1 aromatic heterocycles. The lowest BCUT2D eigenvalue weighted by molar-refractivity contribution is 0.0711. The number of hydrazone groups is 1. The van der Waals surface area contributed by atoms with E-state index in [1.165, 1.54) is 0 Å². The van der Waals surface area contributed by atoms with Gasteiger partial charge in [-0.3, -0.25) is 9.78 Å². The summed E-state index contributed by atoms with van der Waals surface area (Å²) in [7, 11) is 0. The third kappa shape index (κ3) is 3.07. The topological polar surface area (TPSA) is 71.6 Å². The smallest absolute Gasteiger partial charge is 0.274 e. The van der Waals surface area contributed by atoms with Gasteiger partial charge in [0.15, 0.2) is 0 Å². The highest BCUT2D eigenvalue weighted by Gasteiger charge is 2.33. The zero-order chi connectivity index (χ0) is 17.9. The van der Waals surface area contributed by atoms with Crippen LogP contribution in [0.3, 0.4) is 0 Å². The number of pyridine rings is 1. The molecule has 1 unspecified atom stereocenters. The van der Waals surface area contributed by atoms with Crippen molar-refractivity contribution in [3.63, 3.8) is 0 Å². The van der Waals surface area contributed by atoms with Crippen molar-refractivity contribution >= 4 is 17.3 Å². The molecular weight excluding hydrogens is 324 g/mol. The molecule has 0 aliphatic carbocycles. The van der Waals surface area contributed by atoms with E-state index < -0.39 is 0 Å². The van der Waals surface area contributed by atoms with Gasteiger partial charge in [-0.05, 0) is 35.9 Å². The molecule has 5 nitrogen and oxygen atoms in total. The van der Waals surface area contributed by atoms with Crippen molar-refractivity contribution in [3.8, 4) is 0 Å². The van der Waals surface area contributed by atoms with Gasteiger partial charge >= 0.3 is 0 Å². The van der Waals surface area contributed by atoms with Crippen molar-refractivity contribution in [2.45, 2.75) is 12.5 Å². The number of hydrogen-bond donors (Lipinski definition) is 1. The summed E-state index contributed by atoms with van der Waals surface area (Å²) in [5.41, 5.74) is 9.91. The molecule has 0 saturated heterocycles. The number of anilines is 1. The lowest BCUT2D eigenvalue weighted by Crippen LogP contribution is -2.27. The van der Waals surface area contributed by atoms with E-state index in [1.54, 1.807) is 29.5 Å². The maximum absolute atomic E-state index is 13.1. The van der Waals surface area contributed by atoms with Crippen molar-refractivity contribution in [2.75, 3.05) is 5.73 Å². The fraction of sp³-hybridized carbons (Fsp3) is 0.0952. The van der Waals surface area contributed by atoms with Crippen LogP contribution in [0.5, 0.6) is 0 Å². The summed E-state index contributed by atoms with van der Waals surface area (Å²) in [5, 5.41) is 6.22. The van der Waals surface area contributed by atoms with Crippen LogP contribution in [0.2, 0.25) is 0 Å². The summed E-state index contributed by atoms with van der Waals surface area (Å²) in [6, 6.07) is 20.5. The zero-order valence-corrected chi connectivity index (χ0v) is 14.1. The van der Waals surface area contributed by atoms with Gasteiger partial charge in [-0.25, -0.2) is 5.01 Å². The first kappa shape index (κ1) is 16.0. The summed E-state index contributed by atoms with van der Waals surface area (Å²) < 4.78 is 0. The largest absolute Gasteiger partial charge is 0.399 e. The van der Waals surface area contributed by atoms with Crippen LogP contribution < -0.4 is 5.73 Å². The minimum absolute atomic E-state index is 0.119. The van der Waals surface area contributed by atoms with E-state index in [9.17, 15) is 4.79 Å². The number of carbonyl (C=O) groups excluding carboxylic acids is 1. The van der Waals surface area contributed by atoms with E-state index >= 15 is 0 Å². The highest BCUT2D eigenvalue weighted by molar-refractivity contribution is 6.04. The number of nitrogens with two attached hydrogens (primary N) is 1. The van der Waals surface area contributed by atoms with Crippen LogP contribution in [-0.2, 0) is 0 Å². The van der Waals surface area contributed by atoms with Gasteiger partial charge in [0.05, 0.1) is 11.8 Å². The Balaban J connectivity index is 1.73. The Labute approximate surface area is 151 Å². The summed E-state index contributed by atoms with van der Waals surface area (Å²) >= 11 is 0. The third-order valence-electron chi connectivity index (χ3n) is 4.46. The number of carbonyl (C=O) groups is 1. The van der Waals surface area contributed by atoms with Gasteiger partial charge in [0.1, 0.15) is 0 Å². The number of amides is 1. The molecule has 1 aliphatic heterocycles. The third-order valence-corrected chi connectivity index (χ3v) is 4.46. The van der Waals surface area contributed by atoms with Gasteiger partial charge < -0.3 is 5.73 Å². The fourth-order valence-corrected chi connectivity index (χ4v) is 3.10. The molecule has 0 radical (unpaired) electrons. The normalized spacial score (nSPS) is 16.4. The number of nitrogens with zero attached hydrogens (tertiary/aromatic N) is 3. The number of hydrogen-bond acceptors (Lipinski definition) is 4. The number of nitrogen functional groups attached to an aromatic ring is 1. The minimum Gasteiger partial charge on any atom is -0.399 e. The number of benzene rings is 2. The van der Waals surface area contributed by atoms with Crippen molar-refractivity contribution in [1.29, 1.82) is 0 Å². The van der Waals surface area contributed by atoms with Gasteiger partial charge in [0, 0.05) is 35.6 Å². The van der Waals surface area contributed by atoms with Crippen LogP contribution in [0.4, 0.5) is 5.69 Å². The number of aromatic nitrogens is 1. The average molecular weight is 342 g/mol. The van der Waals surface area contributed by atoms with Crippen molar-refractivity contribution in [2.24, 2.45) is 5.10 Å². The Kier molecular flexibility index (Phi) is 4.19. The molecule has 0 saturated carbocycles. The first-order valence-electron chi connectivity index (χ1n) is 8.44. The molecule has 2 aromatic carbocycles. The average Bonchev–Trinajstić information content (AvgIpc) is 3.15. The van der Waals surface area contributed by atoms with Gasteiger partial charge in [0.2, 0.25) is 0 Å². The first-order chi connectivity index (χ1) is 12.7. The number of rotatable bonds is 3. The second-order valence-corrected chi connectivity index (χ2v) is 6.19. The second kappa shape index (κ2) is 6.80. The van der Waals surface area contributed by atoms with Crippen LogP contribution in [0.1, 0.15) is 33.9 Å². The van der Waals surface area contributed by atoms with Crippen LogP contribution >= 0.6 is 0 Å². The molecule has 26 heavy (non-hydrogen) atoms. The Morgan fingerprint density at radius 1 is 1.00 bits per heavy atom. The fourth-order valence-electron chi connectivity index (χ4n) is 3.10. The molecule has 3 aromatic rings. The maximum Gasteiger partial charge on any atom is 0.274 e. The van der Waals surface area contributed by atoms with Gasteiger partial charge in [-0.2, -0.15) is 5.10 Å². The summed E-state index contributed by atoms with van der Waals surface area (Å²) in [5.74, 6) is -0.119. The molecule has 0 fully saturated rings. The summed E-state index contributed by atoms with van der Waals surface area (Å²) in [6.07, 6.45) is 4.13. The molecule has 1 atom stereocenters. The molecule has 1 aliphatic rings. The van der Waals surface area contributed by atoms with E-state index in [0.29, 0.717) is 17.7 Å². The summed E-state index contributed by atoms with van der Waals surface area (Å²) in [6.45, 7) is 0. The predicted molar refractivity (Wildman–Crippen MR) is 102 cm³/mol. The molecule has 128 valence electrons. The van der Waals surface area contributed by atoms with E-state index in [0.717, 1.165) is 16.8 Å². The highest BCUT2D eigenvalue weighted by Crippen LogP contribution is 2.34. The molecule has 2 N–H and O–H groups in total. The molecular formula is C21H18N4O. The van der Waals surface area contributed by atoms with Crippen LogP contribution in [0.15, 0.2) is 84.2 Å². The quantitative estimate of drug-likeness (QED) is 0.739. The maximum atomic E-state index is 13.1.